The molecule has 0 bridgehead atoms. The Labute approximate surface area is 162 Å². The molecule has 0 saturated carbocycles. The van der Waals surface area contributed by atoms with Crippen LogP contribution in [0.3, 0.4) is 0 Å². The molecule has 1 aromatic heterocycles. The van der Waals surface area contributed by atoms with Crippen molar-refractivity contribution in [1.29, 1.82) is 0 Å². The Morgan fingerprint density at radius 1 is 1.00 bits per heavy atom. The largest absolute Gasteiger partial charge is 0.465 e. The van der Waals surface area contributed by atoms with E-state index in [1.165, 1.54) is 20.4 Å². The highest BCUT2D eigenvalue weighted by Gasteiger charge is 2.24. The van der Waals surface area contributed by atoms with Crippen LogP contribution in [-0.4, -0.2) is 70.8 Å². The van der Waals surface area contributed by atoms with E-state index in [0.717, 1.165) is 0 Å². The Hall–Kier alpha value is -3.49. The molecule has 28 heavy (non-hydrogen) atoms. The zero-order valence-electron chi connectivity index (χ0n) is 15.7. The monoisotopic (exact) mass is 383 g/mol. The summed E-state index contributed by atoms with van der Waals surface area (Å²) in [6.07, 6.45) is 1.32. The second kappa shape index (κ2) is 8.47. The van der Waals surface area contributed by atoms with Crippen molar-refractivity contribution in [1.82, 2.24) is 19.8 Å². The van der Waals surface area contributed by atoms with E-state index in [0.29, 0.717) is 43.2 Å². The zero-order chi connectivity index (χ0) is 20.1. The van der Waals surface area contributed by atoms with Crippen LogP contribution in [0, 0.1) is 0 Å². The van der Waals surface area contributed by atoms with E-state index in [1.807, 2.05) is 0 Å². The Kier molecular flexibility index (Phi) is 5.83. The third-order valence-electron chi connectivity index (χ3n) is 4.48. The molecule has 0 unspecified atom stereocenters. The number of anilines is 2. The average Bonchev–Trinajstić information content (AvgIpc) is 2.73. The van der Waals surface area contributed by atoms with Crippen molar-refractivity contribution in [3.63, 3.8) is 0 Å². The van der Waals surface area contributed by atoms with Crippen molar-refractivity contribution in [2.24, 2.45) is 0 Å². The second-order valence-electron chi connectivity index (χ2n) is 6.28. The van der Waals surface area contributed by atoms with Gasteiger partial charge in [-0.25, -0.2) is 14.8 Å². The Balaban J connectivity index is 1.66. The molecule has 0 aliphatic carbocycles. The number of methoxy groups -OCH3 is 1. The van der Waals surface area contributed by atoms with Gasteiger partial charge in [0, 0.05) is 44.9 Å². The number of benzene rings is 1. The van der Waals surface area contributed by atoms with Gasteiger partial charge in [-0.2, -0.15) is 0 Å². The van der Waals surface area contributed by atoms with Crippen LogP contribution in [0.25, 0.3) is 0 Å². The molecule has 0 atom stereocenters. The van der Waals surface area contributed by atoms with Crippen LogP contribution in [0.15, 0.2) is 36.7 Å². The maximum Gasteiger partial charge on any atom is 0.337 e. The minimum Gasteiger partial charge on any atom is -0.465 e. The molecule has 1 N–H and O–H groups in total. The molecule has 9 heteroatoms. The third-order valence-corrected chi connectivity index (χ3v) is 4.48. The van der Waals surface area contributed by atoms with Crippen LogP contribution in [0.5, 0.6) is 0 Å². The molecule has 1 saturated heterocycles. The number of hydrogen-bond acceptors (Lipinski definition) is 7. The summed E-state index contributed by atoms with van der Waals surface area (Å²) in [4.78, 5) is 47.2. The van der Waals surface area contributed by atoms with Gasteiger partial charge < -0.3 is 19.9 Å². The smallest absolute Gasteiger partial charge is 0.337 e. The van der Waals surface area contributed by atoms with Crippen molar-refractivity contribution >= 4 is 29.3 Å². The average molecular weight is 383 g/mol. The molecule has 2 aromatic rings. The number of piperazine rings is 1. The summed E-state index contributed by atoms with van der Waals surface area (Å²) in [7, 11) is 1.33. The SMILES string of the molecule is COC(=O)c1ccc(Nc2cc(C(=O)N3CCN(C(C)=O)CC3)ncn2)cc1. The van der Waals surface area contributed by atoms with Crippen molar-refractivity contribution in [2.45, 2.75) is 6.92 Å². The number of hydrogen-bond donors (Lipinski definition) is 1. The summed E-state index contributed by atoms with van der Waals surface area (Å²) >= 11 is 0. The quantitative estimate of drug-likeness (QED) is 0.794. The minimum absolute atomic E-state index is 0.0128. The lowest BCUT2D eigenvalue weighted by Gasteiger charge is -2.34. The van der Waals surface area contributed by atoms with E-state index in [1.54, 1.807) is 40.1 Å². The summed E-state index contributed by atoms with van der Waals surface area (Å²) in [6.45, 7) is 3.51. The molecular formula is C19H21N5O4. The van der Waals surface area contributed by atoms with E-state index < -0.39 is 5.97 Å². The predicted octanol–water partition coefficient (Wildman–Crippen LogP) is 1.31. The van der Waals surface area contributed by atoms with Gasteiger partial charge in [-0.3, -0.25) is 9.59 Å². The van der Waals surface area contributed by atoms with Gasteiger partial charge in [-0.15, -0.1) is 0 Å². The number of aromatic nitrogens is 2. The first kappa shape index (κ1) is 19.3. The Morgan fingerprint density at radius 2 is 1.64 bits per heavy atom. The van der Waals surface area contributed by atoms with E-state index in [-0.39, 0.29) is 17.5 Å². The van der Waals surface area contributed by atoms with E-state index in [9.17, 15) is 14.4 Å². The fraction of sp³-hybridized carbons (Fsp3) is 0.316. The number of carbonyl (C=O) groups is 3. The number of nitrogens with zero attached hydrogens (tertiary/aromatic N) is 4. The summed E-state index contributed by atoms with van der Waals surface area (Å²) in [6, 6.07) is 8.29. The lowest BCUT2D eigenvalue weighted by molar-refractivity contribution is -0.130. The van der Waals surface area contributed by atoms with Crippen molar-refractivity contribution in [2.75, 3.05) is 38.6 Å². The Bertz CT molecular complexity index is 876. The predicted molar refractivity (Wildman–Crippen MR) is 101 cm³/mol. The first-order valence-corrected chi connectivity index (χ1v) is 8.80. The fourth-order valence-corrected chi connectivity index (χ4v) is 2.88. The van der Waals surface area contributed by atoms with E-state index in [2.05, 4.69) is 20.0 Å². The highest BCUT2D eigenvalue weighted by atomic mass is 16.5. The van der Waals surface area contributed by atoms with Crippen LogP contribution < -0.4 is 5.32 Å². The number of rotatable bonds is 4. The van der Waals surface area contributed by atoms with Crippen molar-refractivity contribution in [3.05, 3.63) is 47.9 Å². The standard InChI is InChI=1S/C19H21N5O4/c1-13(25)23-7-9-24(10-8-23)18(26)16-11-17(21-12-20-16)22-15-5-3-14(4-6-15)19(27)28-2/h3-6,11-12H,7-10H2,1-2H3,(H,20,21,22). The number of nitrogens with one attached hydrogen (secondary N) is 1. The molecule has 146 valence electrons. The van der Waals surface area contributed by atoms with Crippen LogP contribution in [-0.2, 0) is 9.53 Å². The molecule has 9 nitrogen and oxygen atoms in total. The molecule has 2 heterocycles. The summed E-state index contributed by atoms with van der Waals surface area (Å²) in [5.41, 5.74) is 1.43. The lowest BCUT2D eigenvalue weighted by Crippen LogP contribution is -2.50. The molecule has 1 aliphatic rings. The van der Waals surface area contributed by atoms with Crippen molar-refractivity contribution < 1.29 is 19.1 Å². The number of ether oxygens (including phenoxy) is 1. The normalized spacial score (nSPS) is 13.8. The first-order chi connectivity index (χ1) is 13.5. The maximum atomic E-state index is 12.7. The van der Waals surface area contributed by atoms with Gasteiger partial charge in [0.25, 0.3) is 5.91 Å². The van der Waals surface area contributed by atoms with Crippen LogP contribution in [0.1, 0.15) is 27.8 Å². The van der Waals surface area contributed by atoms with Gasteiger partial charge in [0.05, 0.1) is 12.7 Å². The molecule has 0 spiro atoms. The topological polar surface area (TPSA) is 105 Å². The van der Waals surface area contributed by atoms with Crippen LogP contribution >= 0.6 is 0 Å². The van der Waals surface area contributed by atoms with Gasteiger partial charge >= 0.3 is 5.97 Å². The van der Waals surface area contributed by atoms with Gasteiger partial charge in [0.15, 0.2) is 0 Å². The number of carbonyl (C=O) groups excluding carboxylic acids is 3. The zero-order valence-corrected chi connectivity index (χ0v) is 15.7. The van der Waals surface area contributed by atoms with Gasteiger partial charge in [0.1, 0.15) is 17.8 Å². The maximum absolute atomic E-state index is 12.7. The van der Waals surface area contributed by atoms with Crippen LogP contribution in [0.4, 0.5) is 11.5 Å². The molecule has 1 aromatic carbocycles. The molecule has 2 amide bonds. The fourth-order valence-electron chi connectivity index (χ4n) is 2.88. The summed E-state index contributed by atoms with van der Waals surface area (Å²) in [5.74, 6) is -0.133. The lowest BCUT2D eigenvalue weighted by atomic mass is 10.2. The highest BCUT2D eigenvalue weighted by Crippen LogP contribution is 2.17. The van der Waals surface area contributed by atoms with Gasteiger partial charge in [-0.1, -0.05) is 0 Å². The van der Waals surface area contributed by atoms with E-state index >= 15 is 0 Å². The van der Waals surface area contributed by atoms with Crippen LogP contribution in [0.2, 0.25) is 0 Å². The molecule has 3 rings (SSSR count). The molecule has 1 fully saturated rings. The Morgan fingerprint density at radius 3 is 2.25 bits per heavy atom. The summed E-state index contributed by atoms with van der Waals surface area (Å²) in [5, 5.41) is 3.08. The second-order valence-corrected chi connectivity index (χ2v) is 6.28. The molecule has 1 aliphatic heterocycles. The number of amides is 2. The van der Waals surface area contributed by atoms with Gasteiger partial charge in [0.2, 0.25) is 5.91 Å². The first-order valence-electron chi connectivity index (χ1n) is 8.80. The third kappa shape index (κ3) is 4.43. The highest BCUT2D eigenvalue weighted by molar-refractivity contribution is 5.93. The molecular weight excluding hydrogens is 362 g/mol. The number of esters is 1. The van der Waals surface area contributed by atoms with Crippen molar-refractivity contribution in [3.8, 4) is 0 Å². The minimum atomic E-state index is -0.411. The summed E-state index contributed by atoms with van der Waals surface area (Å²) < 4.78 is 4.67. The van der Waals surface area contributed by atoms with E-state index in [4.69, 9.17) is 0 Å². The molecule has 0 radical (unpaired) electrons. The van der Waals surface area contributed by atoms with Gasteiger partial charge in [-0.05, 0) is 24.3 Å².